The molecular weight excluding hydrogens is 420 g/mol. The number of carbonyl (C=O) groups excluding carboxylic acids is 1. The van der Waals surface area contributed by atoms with E-state index in [1.54, 1.807) is 30.7 Å². The third-order valence-corrected chi connectivity index (χ3v) is 4.91. The van der Waals surface area contributed by atoms with Gasteiger partial charge in [0, 0.05) is 30.7 Å². The van der Waals surface area contributed by atoms with Gasteiger partial charge in [0.05, 0.1) is 31.2 Å². The van der Waals surface area contributed by atoms with Gasteiger partial charge in [0.2, 0.25) is 5.91 Å². The lowest BCUT2D eigenvalue weighted by molar-refractivity contribution is -0.129. The number of anilines is 1. The van der Waals surface area contributed by atoms with Gasteiger partial charge in [-0.2, -0.15) is 30.0 Å². The predicted molar refractivity (Wildman–Crippen MR) is 102 cm³/mol. The molecule has 0 aliphatic heterocycles. The molecule has 0 aliphatic rings. The summed E-state index contributed by atoms with van der Waals surface area (Å²) in [5, 5.41) is 4.22. The van der Waals surface area contributed by atoms with Crippen molar-refractivity contribution in [3.8, 4) is 5.69 Å². The molecule has 0 N–H and O–H groups in total. The molecule has 2 heterocycles. The summed E-state index contributed by atoms with van der Waals surface area (Å²) < 4.78 is 50.6. The van der Waals surface area contributed by atoms with Crippen molar-refractivity contribution >= 4 is 35.0 Å². The summed E-state index contributed by atoms with van der Waals surface area (Å²) in [7, 11) is 0. The molecule has 0 atom stereocenters. The monoisotopic (exact) mass is 438 g/mol. The van der Waals surface area contributed by atoms with E-state index in [0.717, 1.165) is 11.8 Å². The molecule has 0 aliphatic carbocycles. The number of amides is 1. The molecule has 0 saturated heterocycles. The predicted octanol–water partition coefficient (Wildman–Crippen LogP) is 4.69. The van der Waals surface area contributed by atoms with Gasteiger partial charge in [-0.3, -0.25) is 14.2 Å². The van der Waals surface area contributed by atoms with Gasteiger partial charge in [-0.25, -0.2) is 4.68 Å². The van der Waals surface area contributed by atoms with Crippen LogP contribution in [0.2, 0.25) is 5.15 Å². The minimum absolute atomic E-state index is 0.0171. The van der Waals surface area contributed by atoms with Gasteiger partial charge in [0.15, 0.2) is 5.15 Å². The van der Waals surface area contributed by atoms with Crippen molar-refractivity contribution in [3.63, 3.8) is 0 Å². The molecular formula is C17H19ClF4N4OS. The van der Waals surface area contributed by atoms with Crippen LogP contribution < -0.4 is 4.90 Å². The number of rotatable bonds is 10. The number of pyridine rings is 1. The molecule has 0 bridgehead atoms. The van der Waals surface area contributed by atoms with E-state index in [-0.39, 0.29) is 42.0 Å². The fourth-order valence-corrected chi connectivity index (χ4v) is 3.46. The fraction of sp³-hybridized carbons (Fsp3) is 0.471. The lowest BCUT2D eigenvalue weighted by atomic mass is 10.3. The quantitative estimate of drug-likeness (QED) is 0.399. The molecule has 0 spiro atoms. The second kappa shape index (κ2) is 10.7. The van der Waals surface area contributed by atoms with Crippen LogP contribution in [0.4, 0.5) is 23.2 Å². The molecule has 2 aromatic heterocycles. The molecule has 0 saturated carbocycles. The number of nitrogens with zero attached hydrogens (tertiary/aromatic N) is 4. The smallest absolute Gasteiger partial charge is 0.308 e. The summed E-state index contributed by atoms with van der Waals surface area (Å²) in [6.07, 6.45) is -0.266. The SMILES string of the molecule is O=C(CCSCCC(F)(F)F)N(CCCF)c1cn(-c2cccnc2)nc1Cl. The molecule has 154 valence electrons. The van der Waals surface area contributed by atoms with Crippen LogP contribution in [0.1, 0.15) is 19.3 Å². The van der Waals surface area contributed by atoms with Crippen molar-refractivity contribution in [2.24, 2.45) is 0 Å². The van der Waals surface area contributed by atoms with E-state index in [0.29, 0.717) is 11.4 Å². The van der Waals surface area contributed by atoms with Crippen molar-refractivity contribution < 1.29 is 22.4 Å². The first-order valence-corrected chi connectivity index (χ1v) is 10.0. The number of thioether (sulfide) groups is 1. The summed E-state index contributed by atoms with van der Waals surface area (Å²) >= 11 is 7.22. The van der Waals surface area contributed by atoms with Gasteiger partial charge in [-0.05, 0) is 18.6 Å². The third-order valence-electron chi connectivity index (χ3n) is 3.66. The van der Waals surface area contributed by atoms with E-state index >= 15 is 0 Å². The van der Waals surface area contributed by atoms with Gasteiger partial charge >= 0.3 is 6.18 Å². The summed E-state index contributed by atoms with van der Waals surface area (Å²) in [5.74, 6) is -0.225. The first kappa shape index (κ1) is 22.5. The summed E-state index contributed by atoms with van der Waals surface area (Å²) in [4.78, 5) is 17.9. The normalized spacial score (nSPS) is 11.6. The zero-order valence-corrected chi connectivity index (χ0v) is 16.4. The first-order chi connectivity index (χ1) is 13.3. The largest absolute Gasteiger partial charge is 0.389 e. The Bertz CT molecular complexity index is 757. The van der Waals surface area contributed by atoms with Crippen LogP contribution in [0, 0.1) is 0 Å². The molecule has 2 aromatic rings. The highest BCUT2D eigenvalue weighted by Crippen LogP contribution is 2.27. The van der Waals surface area contributed by atoms with Crippen LogP contribution in [0.25, 0.3) is 5.69 Å². The topological polar surface area (TPSA) is 51.0 Å². The Balaban J connectivity index is 2.04. The summed E-state index contributed by atoms with van der Waals surface area (Å²) in [6.45, 7) is -0.514. The van der Waals surface area contributed by atoms with E-state index in [4.69, 9.17) is 11.6 Å². The van der Waals surface area contributed by atoms with Crippen LogP contribution in [0.3, 0.4) is 0 Å². The highest BCUT2D eigenvalue weighted by molar-refractivity contribution is 7.99. The molecule has 2 rings (SSSR count). The second-order valence-corrected chi connectivity index (χ2v) is 7.36. The Morgan fingerprint density at radius 3 is 2.75 bits per heavy atom. The molecule has 1 amide bonds. The Hall–Kier alpha value is -1.81. The highest BCUT2D eigenvalue weighted by Gasteiger charge is 2.26. The Morgan fingerprint density at radius 1 is 1.32 bits per heavy atom. The maximum atomic E-state index is 12.7. The van der Waals surface area contributed by atoms with Gasteiger partial charge < -0.3 is 4.90 Å². The molecule has 0 fully saturated rings. The van der Waals surface area contributed by atoms with E-state index in [9.17, 15) is 22.4 Å². The number of carbonyl (C=O) groups is 1. The average Bonchev–Trinajstić information content (AvgIpc) is 3.03. The first-order valence-electron chi connectivity index (χ1n) is 8.48. The molecule has 5 nitrogen and oxygen atoms in total. The average molecular weight is 439 g/mol. The van der Waals surface area contributed by atoms with E-state index < -0.39 is 19.3 Å². The lowest BCUT2D eigenvalue weighted by Crippen LogP contribution is -2.32. The Kier molecular flexibility index (Phi) is 8.56. The van der Waals surface area contributed by atoms with Crippen LogP contribution in [-0.2, 0) is 4.79 Å². The number of aromatic nitrogens is 3. The molecule has 28 heavy (non-hydrogen) atoms. The number of hydrogen-bond acceptors (Lipinski definition) is 4. The van der Waals surface area contributed by atoms with Gasteiger partial charge in [0.1, 0.15) is 5.69 Å². The van der Waals surface area contributed by atoms with Gasteiger partial charge in [-0.15, -0.1) is 0 Å². The van der Waals surface area contributed by atoms with E-state index in [1.807, 2.05) is 0 Å². The maximum absolute atomic E-state index is 12.7. The van der Waals surface area contributed by atoms with Gasteiger partial charge in [0.25, 0.3) is 0 Å². The number of alkyl halides is 4. The van der Waals surface area contributed by atoms with E-state index in [2.05, 4.69) is 10.1 Å². The Labute approximate surface area is 169 Å². The number of hydrogen-bond donors (Lipinski definition) is 0. The maximum Gasteiger partial charge on any atom is 0.389 e. The molecule has 0 aromatic carbocycles. The highest BCUT2D eigenvalue weighted by atomic mass is 35.5. The van der Waals surface area contributed by atoms with E-state index in [1.165, 1.54) is 9.58 Å². The fourth-order valence-electron chi connectivity index (χ4n) is 2.33. The minimum atomic E-state index is -4.21. The molecule has 11 heteroatoms. The summed E-state index contributed by atoms with van der Waals surface area (Å²) in [5.41, 5.74) is 0.959. The van der Waals surface area contributed by atoms with Crippen molar-refractivity contribution in [2.75, 3.05) is 29.6 Å². The van der Waals surface area contributed by atoms with Crippen molar-refractivity contribution in [1.29, 1.82) is 0 Å². The standard InChI is InChI=1S/C17H19ClF4N4OS/c18-16-14(12-26(24-16)13-3-1-7-23-11-13)25(8-2-6-19)15(27)4-9-28-10-5-17(20,21)22/h1,3,7,11-12H,2,4-6,8-10H2. The molecule has 0 radical (unpaired) electrons. The van der Waals surface area contributed by atoms with Crippen molar-refractivity contribution in [2.45, 2.75) is 25.4 Å². The minimum Gasteiger partial charge on any atom is -0.308 e. The van der Waals surface area contributed by atoms with Crippen LogP contribution in [0.5, 0.6) is 0 Å². The van der Waals surface area contributed by atoms with Crippen LogP contribution in [0.15, 0.2) is 30.7 Å². The van der Waals surface area contributed by atoms with Crippen LogP contribution >= 0.6 is 23.4 Å². The Morgan fingerprint density at radius 2 is 2.11 bits per heavy atom. The number of halogens is 5. The van der Waals surface area contributed by atoms with Crippen molar-refractivity contribution in [3.05, 3.63) is 35.9 Å². The van der Waals surface area contributed by atoms with Crippen LogP contribution in [-0.4, -0.2) is 51.6 Å². The zero-order valence-electron chi connectivity index (χ0n) is 14.8. The van der Waals surface area contributed by atoms with Gasteiger partial charge in [-0.1, -0.05) is 11.6 Å². The lowest BCUT2D eigenvalue weighted by Gasteiger charge is -2.21. The van der Waals surface area contributed by atoms with Crippen molar-refractivity contribution in [1.82, 2.24) is 14.8 Å². The second-order valence-electron chi connectivity index (χ2n) is 5.78. The summed E-state index contributed by atoms with van der Waals surface area (Å²) in [6, 6.07) is 3.47. The molecule has 0 unspecified atom stereocenters. The zero-order chi connectivity index (χ0) is 20.6. The third kappa shape index (κ3) is 6.97.